The molecule has 0 spiro atoms. The van der Waals surface area contributed by atoms with Gasteiger partial charge in [0.2, 0.25) is 11.8 Å². The number of thiazole rings is 1. The predicted molar refractivity (Wildman–Crippen MR) is 119 cm³/mol. The molecular weight excluding hydrogens is 417 g/mol. The lowest BCUT2D eigenvalue weighted by Crippen LogP contribution is -2.08. The van der Waals surface area contributed by atoms with E-state index in [4.69, 9.17) is 9.15 Å². The largest absolute Gasteiger partial charge is 0.437 e. The Morgan fingerprint density at radius 2 is 2.16 bits per heavy atom. The standard InChI is InChI=1S/C23H18FN3O3S/c1-3-13(4-2)18-11-26-23(31-18)25-10-12-5-6-14-15(8-20(28)29-16(14)7-12)21-17-9-19(24)27-22(21)30-17/h3,5-9,11H,4,10H2,1-2H3,(H,25,26)/b13-3+. The molecule has 5 rings (SSSR count). The summed E-state index contributed by atoms with van der Waals surface area (Å²) in [6, 6.07) is 8.25. The van der Waals surface area contributed by atoms with Crippen molar-refractivity contribution in [3.05, 3.63) is 69.4 Å². The first kappa shape index (κ1) is 19.4. The van der Waals surface area contributed by atoms with E-state index in [2.05, 4.69) is 28.3 Å². The Kier molecular flexibility index (Phi) is 4.78. The van der Waals surface area contributed by atoms with Crippen LogP contribution in [-0.2, 0) is 6.54 Å². The Morgan fingerprint density at radius 1 is 1.29 bits per heavy atom. The zero-order valence-corrected chi connectivity index (χ0v) is 17.7. The number of nitrogens with one attached hydrogen (secondary N) is 1. The van der Waals surface area contributed by atoms with Crippen molar-refractivity contribution in [2.75, 3.05) is 5.32 Å². The molecule has 6 nitrogen and oxygen atoms in total. The molecule has 2 bridgehead atoms. The summed E-state index contributed by atoms with van der Waals surface area (Å²) in [4.78, 5) is 21.5. The zero-order valence-electron chi connectivity index (χ0n) is 16.9. The fraction of sp³-hybridized carbons (Fsp3) is 0.174. The third-order valence-electron chi connectivity index (χ3n) is 5.20. The average molecular weight is 435 g/mol. The maximum atomic E-state index is 13.4. The normalized spacial score (nSPS) is 12.5. The van der Waals surface area contributed by atoms with Crippen LogP contribution in [0.25, 0.3) is 27.7 Å². The van der Waals surface area contributed by atoms with Gasteiger partial charge >= 0.3 is 5.63 Å². The van der Waals surface area contributed by atoms with Crippen molar-refractivity contribution in [2.24, 2.45) is 0 Å². The molecule has 156 valence electrons. The molecule has 1 aliphatic rings. The van der Waals surface area contributed by atoms with Gasteiger partial charge in [0.05, 0.1) is 10.4 Å². The molecule has 0 unspecified atom stereocenters. The van der Waals surface area contributed by atoms with Crippen LogP contribution < -0.4 is 15.7 Å². The molecule has 0 saturated carbocycles. The van der Waals surface area contributed by atoms with Gasteiger partial charge in [-0.1, -0.05) is 36.5 Å². The van der Waals surface area contributed by atoms with Crippen LogP contribution >= 0.6 is 11.3 Å². The van der Waals surface area contributed by atoms with Gasteiger partial charge < -0.3 is 14.5 Å². The van der Waals surface area contributed by atoms with Gasteiger partial charge in [-0.15, -0.1) is 0 Å². The van der Waals surface area contributed by atoms with E-state index < -0.39 is 11.6 Å². The molecule has 0 atom stereocenters. The van der Waals surface area contributed by atoms with E-state index in [0.717, 1.165) is 27.4 Å². The van der Waals surface area contributed by atoms with Crippen molar-refractivity contribution in [3.8, 4) is 22.8 Å². The van der Waals surface area contributed by atoms with Crippen molar-refractivity contribution in [2.45, 2.75) is 26.8 Å². The number of benzene rings is 1. The summed E-state index contributed by atoms with van der Waals surface area (Å²) in [5, 5.41) is 4.89. The quantitative estimate of drug-likeness (QED) is 0.261. The molecule has 3 aromatic heterocycles. The molecule has 8 heteroatoms. The summed E-state index contributed by atoms with van der Waals surface area (Å²) in [7, 11) is 0. The Hall–Kier alpha value is -3.52. The number of allylic oxidation sites excluding steroid dienone is 2. The van der Waals surface area contributed by atoms with Crippen LogP contribution in [0.1, 0.15) is 30.7 Å². The maximum absolute atomic E-state index is 13.4. The summed E-state index contributed by atoms with van der Waals surface area (Å²) in [5.74, 6) is -0.0569. The Morgan fingerprint density at radius 3 is 2.90 bits per heavy atom. The van der Waals surface area contributed by atoms with Crippen molar-refractivity contribution in [1.82, 2.24) is 9.97 Å². The molecule has 0 fully saturated rings. The highest BCUT2D eigenvalue weighted by Crippen LogP contribution is 2.49. The molecule has 0 saturated heterocycles. The second-order valence-corrected chi connectivity index (χ2v) is 8.12. The van der Waals surface area contributed by atoms with E-state index in [1.54, 1.807) is 11.3 Å². The van der Waals surface area contributed by atoms with Gasteiger partial charge in [0.15, 0.2) is 5.13 Å². The first-order valence-corrected chi connectivity index (χ1v) is 10.7. The second kappa shape index (κ2) is 7.63. The smallest absolute Gasteiger partial charge is 0.336 e. The van der Waals surface area contributed by atoms with Crippen LogP contribution in [0.4, 0.5) is 9.52 Å². The topological polar surface area (TPSA) is 77.3 Å². The van der Waals surface area contributed by atoms with Crippen molar-refractivity contribution >= 4 is 33.0 Å². The third-order valence-corrected chi connectivity index (χ3v) is 6.23. The van der Waals surface area contributed by atoms with E-state index in [1.807, 2.05) is 31.3 Å². The monoisotopic (exact) mass is 435 g/mol. The van der Waals surface area contributed by atoms with Gasteiger partial charge in [-0.05, 0) is 30.5 Å². The lowest BCUT2D eigenvalue weighted by molar-refractivity contribution is 0.395. The third kappa shape index (κ3) is 3.48. The molecule has 31 heavy (non-hydrogen) atoms. The highest BCUT2D eigenvalue weighted by Gasteiger charge is 2.29. The number of anilines is 1. The number of halogens is 1. The van der Waals surface area contributed by atoms with Gasteiger partial charge in [0, 0.05) is 35.8 Å². The minimum atomic E-state index is -0.605. The maximum Gasteiger partial charge on any atom is 0.336 e. The van der Waals surface area contributed by atoms with Crippen molar-refractivity contribution < 1.29 is 13.5 Å². The summed E-state index contributed by atoms with van der Waals surface area (Å²) in [6.07, 6.45) is 4.94. The summed E-state index contributed by atoms with van der Waals surface area (Å²) >= 11 is 1.61. The number of rotatable bonds is 6. The zero-order chi connectivity index (χ0) is 21.5. The molecule has 4 aromatic rings. The average Bonchev–Trinajstić information content (AvgIpc) is 3.21. The minimum absolute atomic E-state index is 0.180. The van der Waals surface area contributed by atoms with Crippen LogP contribution in [0.15, 0.2) is 51.8 Å². The Labute approximate surface area is 181 Å². The molecule has 0 radical (unpaired) electrons. The molecule has 1 N–H and O–H groups in total. The lowest BCUT2D eigenvalue weighted by Gasteiger charge is -2.23. The number of hydrogen-bond donors (Lipinski definition) is 1. The van der Waals surface area contributed by atoms with Crippen LogP contribution in [0.5, 0.6) is 11.6 Å². The van der Waals surface area contributed by atoms with Crippen LogP contribution in [-0.4, -0.2) is 9.97 Å². The second-order valence-electron chi connectivity index (χ2n) is 7.09. The fourth-order valence-electron chi connectivity index (χ4n) is 3.66. The Balaban J connectivity index is 1.43. The minimum Gasteiger partial charge on any atom is -0.437 e. The number of nitrogens with zero attached hydrogens (tertiary/aromatic N) is 2. The number of aromatic nitrogens is 2. The van der Waals surface area contributed by atoms with E-state index in [1.165, 1.54) is 17.7 Å². The van der Waals surface area contributed by atoms with Crippen molar-refractivity contribution in [1.29, 1.82) is 0 Å². The van der Waals surface area contributed by atoms with Crippen LogP contribution in [0, 0.1) is 5.95 Å². The van der Waals surface area contributed by atoms with Gasteiger partial charge in [-0.2, -0.15) is 9.37 Å². The SMILES string of the molecule is C/C=C(\CC)c1cnc(NCc2ccc3c(-c4c5cc(F)nc4O5)cc(=O)oc3c2)s1. The van der Waals surface area contributed by atoms with E-state index >= 15 is 0 Å². The fourth-order valence-corrected chi connectivity index (χ4v) is 4.61. The lowest BCUT2D eigenvalue weighted by atomic mass is 9.99. The molecule has 1 aliphatic heterocycles. The summed E-state index contributed by atoms with van der Waals surface area (Å²) in [5.41, 5.74) is 3.42. The Bertz CT molecular complexity index is 1380. The molecular formula is C23H18FN3O3S. The molecule has 4 heterocycles. The first-order valence-electron chi connectivity index (χ1n) is 9.86. The highest BCUT2D eigenvalue weighted by molar-refractivity contribution is 7.16. The van der Waals surface area contributed by atoms with Crippen LogP contribution in [0.2, 0.25) is 0 Å². The number of pyridine rings is 1. The number of ether oxygens (including phenoxy) is 1. The number of fused-ring (bicyclic) bond motifs is 3. The first-order chi connectivity index (χ1) is 15.1. The van der Waals surface area contributed by atoms with Crippen LogP contribution in [0.3, 0.4) is 0 Å². The van der Waals surface area contributed by atoms with Gasteiger partial charge in [0.25, 0.3) is 0 Å². The molecule has 0 aliphatic carbocycles. The van der Waals surface area contributed by atoms with E-state index in [-0.39, 0.29) is 5.88 Å². The van der Waals surface area contributed by atoms with E-state index in [9.17, 15) is 9.18 Å². The molecule has 0 amide bonds. The van der Waals surface area contributed by atoms with Crippen molar-refractivity contribution in [3.63, 3.8) is 0 Å². The summed E-state index contributed by atoms with van der Waals surface area (Å²) < 4.78 is 24.1. The van der Waals surface area contributed by atoms with Gasteiger partial charge in [0.1, 0.15) is 11.3 Å². The summed E-state index contributed by atoms with van der Waals surface area (Å²) in [6.45, 7) is 4.69. The van der Waals surface area contributed by atoms with Gasteiger partial charge in [-0.3, -0.25) is 0 Å². The molecule has 1 aromatic carbocycles. The van der Waals surface area contributed by atoms with Gasteiger partial charge in [-0.25, -0.2) is 9.78 Å². The number of hydrogen-bond acceptors (Lipinski definition) is 7. The predicted octanol–water partition coefficient (Wildman–Crippen LogP) is 5.98. The highest BCUT2D eigenvalue weighted by atomic mass is 32.1. The van der Waals surface area contributed by atoms with E-state index in [0.29, 0.717) is 29.0 Å².